The Hall–Kier alpha value is -3.06. The Morgan fingerprint density at radius 3 is 2.30 bits per heavy atom. The second-order valence-corrected chi connectivity index (χ2v) is 6.33. The molecular weight excluding hydrogens is 350 g/mol. The minimum absolute atomic E-state index is 0.242. The van der Waals surface area contributed by atoms with E-state index < -0.39 is 23.7 Å². The highest BCUT2D eigenvalue weighted by molar-refractivity contribution is 6.10. The van der Waals surface area contributed by atoms with Gasteiger partial charge in [0.25, 0.3) is 5.91 Å². The van der Waals surface area contributed by atoms with Gasteiger partial charge in [0, 0.05) is 11.1 Å². The molecular formula is C20H21NO6. The van der Waals surface area contributed by atoms with Gasteiger partial charge in [-0.2, -0.15) is 0 Å². The summed E-state index contributed by atoms with van der Waals surface area (Å²) in [4.78, 5) is 25.3. The predicted molar refractivity (Wildman–Crippen MR) is 98.8 cm³/mol. The van der Waals surface area contributed by atoms with Gasteiger partial charge in [0.05, 0.1) is 33.4 Å². The molecule has 142 valence electrons. The molecule has 1 amide bonds. The topological polar surface area (TPSA) is 94.1 Å². The Labute approximate surface area is 156 Å². The van der Waals surface area contributed by atoms with E-state index in [0.717, 1.165) is 5.56 Å². The van der Waals surface area contributed by atoms with Gasteiger partial charge in [-0.05, 0) is 24.6 Å². The van der Waals surface area contributed by atoms with Crippen LogP contribution in [-0.2, 0) is 10.4 Å². The summed E-state index contributed by atoms with van der Waals surface area (Å²) < 4.78 is 15.8. The number of hydrogen-bond donors (Lipinski definition) is 2. The van der Waals surface area contributed by atoms with Gasteiger partial charge in [0.1, 0.15) is 0 Å². The summed E-state index contributed by atoms with van der Waals surface area (Å²) in [5.74, 6) is -0.0534. The van der Waals surface area contributed by atoms with Crippen LogP contribution in [0.25, 0.3) is 0 Å². The van der Waals surface area contributed by atoms with Gasteiger partial charge in [-0.25, -0.2) is 0 Å². The molecule has 7 heteroatoms. The molecule has 0 fully saturated rings. The van der Waals surface area contributed by atoms with Crippen LogP contribution < -0.4 is 19.5 Å². The number of para-hydroxylation sites is 1. The van der Waals surface area contributed by atoms with Crippen LogP contribution in [0.3, 0.4) is 0 Å². The van der Waals surface area contributed by atoms with Gasteiger partial charge in [0.2, 0.25) is 5.75 Å². The number of nitrogens with one attached hydrogen (secondary N) is 1. The predicted octanol–water partition coefficient (Wildman–Crippen LogP) is 2.43. The number of carbonyl (C=O) groups is 2. The van der Waals surface area contributed by atoms with Crippen molar-refractivity contribution in [3.05, 3.63) is 47.0 Å². The molecule has 7 nitrogen and oxygen atoms in total. The van der Waals surface area contributed by atoms with Crippen LogP contribution in [0.2, 0.25) is 0 Å². The average molecular weight is 371 g/mol. The number of fused-ring (bicyclic) bond motifs is 1. The molecule has 2 aromatic rings. The lowest BCUT2D eigenvalue weighted by Gasteiger charge is -2.21. The monoisotopic (exact) mass is 371 g/mol. The maximum Gasteiger partial charge on any atom is 0.261 e. The molecule has 2 N–H and O–H groups in total. The summed E-state index contributed by atoms with van der Waals surface area (Å²) in [6.07, 6.45) is -0.409. The van der Waals surface area contributed by atoms with E-state index in [2.05, 4.69) is 5.32 Å². The number of anilines is 1. The Balaban J connectivity index is 1.99. The number of hydrogen-bond acceptors (Lipinski definition) is 6. The van der Waals surface area contributed by atoms with Gasteiger partial charge in [-0.15, -0.1) is 0 Å². The molecule has 0 bridgehead atoms. The molecule has 3 rings (SSSR count). The van der Waals surface area contributed by atoms with Crippen molar-refractivity contribution in [1.29, 1.82) is 0 Å². The normalized spacial score (nSPS) is 17.9. The van der Waals surface area contributed by atoms with Crippen LogP contribution >= 0.6 is 0 Å². The highest BCUT2D eigenvalue weighted by Crippen LogP contribution is 2.42. The fourth-order valence-electron chi connectivity index (χ4n) is 3.27. The Kier molecular flexibility index (Phi) is 4.80. The van der Waals surface area contributed by atoms with Crippen molar-refractivity contribution in [2.45, 2.75) is 18.9 Å². The fraction of sp³-hybridized carbons (Fsp3) is 0.300. The lowest BCUT2D eigenvalue weighted by molar-refractivity contribution is -0.133. The van der Waals surface area contributed by atoms with Gasteiger partial charge in [-0.3, -0.25) is 9.59 Å². The number of aryl methyl sites for hydroxylation is 1. The van der Waals surface area contributed by atoms with Crippen molar-refractivity contribution in [3.8, 4) is 17.2 Å². The zero-order valence-corrected chi connectivity index (χ0v) is 15.6. The molecule has 1 aliphatic rings. The second-order valence-electron chi connectivity index (χ2n) is 6.33. The molecule has 0 spiro atoms. The van der Waals surface area contributed by atoms with Gasteiger partial charge >= 0.3 is 0 Å². The molecule has 0 aromatic heterocycles. The van der Waals surface area contributed by atoms with E-state index in [4.69, 9.17) is 14.2 Å². The smallest absolute Gasteiger partial charge is 0.261 e. The quantitative estimate of drug-likeness (QED) is 0.758. The molecule has 0 aliphatic carbocycles. The van der Waals surface area contributed by atoms with E-state index in [1.165, 1.54) is 33.5 Å². The van der Waals surface area contributed by atoms with E-state index in [9.17, 15) is 14.7 Å². The molecule has 0 saturated heterocycles. The SMILES string of the molecule is COc1cc(C(=O)CC2(O)C(=O)Nc3c(C)cccc32)cc(OC)c1OC. The minimum atomic E-state index is -1.93. The summed E-state index contributed by atoms with van der Waals surface area (Å²) in [5, 5.41) is 13.7. The number of carbonyl (C=O) groups excluding carboxylic acids is 2. The van der Waals surface area contributed by atoms with Crippen LogP contribution in [0, 0.1) is 6.92 Å². The summed E-state index contributed by atoms with van der Waals surface area (Å²) in [6, 6.07) is 8.20. The van der Waals surface area contributed by atoms with Crippen LogP contribution in [-0.4, -0.2) is 38.1 Å². The maximum atomic E-state index is 12.9. The minimum Gasteiger partial charge on any atom is -0.493 e. The first-order valence-electron chi connectivity index (χ1n) is 8.32. The molecule has 0 radical (unpaired) electrons. The highest BCUT2D eigenvalue weighted by Gasteiger charge is 2.47. The van der Waals surface area contributed by atoms with Crippen LogP contribution in [0.4, 0.5) is 5.69 Å². The lowest BCUT2D eigenvalue weighted by Crippen LogP contribution is -2.36. The first-order valence-corrected chi connectivity index (χ1v) is 8.32. The maximum absolute atomic E-state index is 12.9. The van der Waals surface area contributed by atoms with E-state index in [-0.39, 0.29) is 5.56 Å². The van der Waals surface area contributed by atoms with Crippen molar-refractivity contribution in [1.82, 2.24) is 0 Å². The summed E-state index contributed by atoms with van der Waals surface area (Å²) in [6.45, 7) is 1.83. The van der Waals surface area contributed by atoms with Crippen molar-refractivity contribution >= 4 is 17.4 Å². The van der Waals surface area contributed by atoms with Crippen LogP contribution in [0.1, 0.15) is 27.9 Å². The number of ketones is 1. The molecule has 27 heavy (non-hydrogen) atoms. The van der Waals surface area contributed by atoms with E-state index >= 15 is 0 Å². The molecule has 2 aromatic carbocycles. The zero-order valence-electron chi connectivity index (χ0n) is 15.6. The summed E-state index contributed by atoms with van der Waals surface area (Å²) >= 11 is 0. The summed E-state index contributed by atoms with van der Waals surface area (Å²) in [5.41, 5.74) is 0.0681. The Morgan fingerprint density at radius 2 is 1.74 bits per heavy atom. The molecule has 1 aliphatic heterocycles. The number of Topliss-reactive ketones (excluding diaryl/α,β-unsaturated/α-hetero) is 1. The third-order valence-corrected chi connectivity index (χ3v) is 4.74. The largest absolute Gasteiger partial charge is 0.493 e. The van der Waals surface area contributed by atoms with Crippen molar-refractivity contribution in [2.24, 2.45) is 0 Å². The number of amides is 1. The third kappa shape index (κ3) is 3.00. The van der Waals surface area contributed by atoms with Gasteiger partial charge in [0.15, 0.2) is 22.9 Å². The molecule has 1 unspecified atom stereocenters. The summed E-state index contributed by atoms with van der Waals surface area (Å²) in [7, 11) is 4.36. The Morgan fingerprint density at radius 1 is 1.11 bits per heavy atom. The van der Waals surface area contributed by atoms with Gasteiger partial charge < -0.3 is 24.6 Å². The number of ether oxygens (including phenoxy) is 3. The average Bonchev–Trinajstić information content (AvgIpc) is 2.92. The second kappa shape index (κ2) is 6.92. The highest BCUT2D eigenvalue weighted by atomic mass is 16.5. The molecule has 1 atom stereocenters. The van der Waals surface area contributed by atoms with E-state index in [0.29, 0.717) is 28.5 Å². The number of benzene rings is 2. The van der Waals surface area contributed by atoms with Crippen LogP contribution in [0.15, 0.2) is 30.3 Å². The first-order chi connectivity index (χ1) is 12.8. The third-order valence-electron chi connectivity index (χ3n) is 4.74. The number of methoxy groups -OCH3 is 3. The number of rotatable bonds is 6. The van der Waals surface area contributed by atoms with Crippen molar-refractivity contribution in [2.75, 3.05) is 26.6 Å². The standard InChI is InChI=1S/C20H21NO6/c1-11-6-5-7-13-17(11)21-19(23)20(13,24)10-14(22)12-8-15(25-2)18(27-4)16(9-12)26-3/h5-9,24H,10H2,1-4H3,(H,21,23). The van der Waals surface area contributed by atoms with E-state index in [1.807, 2.05) is 13.0 Å². The first kappa shape index (κ1) is 18.7. The van der Waals surface area contributed by atoms with Crippen molar-refractivity contribution < 1.29 is 28.9 Å². The zero-order chi connectivity index (χ0) is 19.8. The number of aliphatic hydroxyl groups is 1. The van der Waals surface area contributed by atoms with Gasteiger partial charge in [-0.1, -0.05) is 18.2 Å². The van der Waals surface area contributed by atoms with Crippen LogP contribution in [0.5, 0.6) is 17.2 Å². The Bertz CT molecular complexity index is 898. The van der Waals surface area contributed by atoms with E-state index in [1.54, 1.807) is 12.1 Å². The molecule has 1 heterocycles. The lowest BCUT2D eigenvalue weighted by atomic mass is 9.87. The van der Waals surface area contributed by atoms with Crippen molar-refractivity contribution in [3.63, 3.8) is 0 Å². The fourth-order valence-corrected chi connectivity index (χ4v) is 3.27. The molecule has 0 saturated carbocycles.